The molecule has 0 radical (unpaired) electrons. The second-order valence-corrected chi connectivity index (χ2v) is 4.59. The lowest BCUT2D eigenvalue weighted by Crippen LogP contribution is -1.96. The standard InChI is InChI=1S/C16H13N3O5/c1-22-13-4-2-3-5-14(13)24-15-7-6-12(23-15)10(20)8-11(21)16-17-9-18-19-16/h2-9,21H,1H3,(H,17,18,19). The Kier molecular flexibility index (Phi) is 4.28. The average molecular weight is 327 g/mol. The molecule has 0 bridgehead atoms. The van der Waals surface area contributed by atoms with Gasteiger partial charge in [0.15, 0.2) is 23.0 Å². The van der Waals surface area contributed by atoms with E-state index in [0.29, 0.717) is 11.5 Å². The van der Waals surface area contributed by atoms with Gasteiger partial charge in [0.25, 0.3) is 5.95 Å². The number of para-hydroxylation sites is 2. The lowest BCUT2D eigenvalue weighted by atomic mass is 10.2. The molecule has 0 unspecified atom stereocenters. The zero-order chi connectivity index (χ0) is 16.9. The van der Waals surface area contributed by atoms with E-state index in [1.54, 1.807) is 24.3 Å². The number of ether oxygens (including phenoxy) is 2. The summed E-state index contributed by atoms with van der Waals surface area (Å²) in [6.45, 7) is 0. The fraction of sp³-hybridized carbons (Fsp3) is 0.0625. The van der Waals surface area contributed by atoms with Crippen LogP contribution in [0.3, 0.4) is 0 Å². The van der Waals surface area contributed by atoms with Crippen molar-refractivity contribution in [3.63, 3.8) is 0 Å². The number of nitrogens with zero attached hydrogens (tertiary/aromatic N) is 2. The Balaban J connectivity index is 1.76. The molecule has 0 atom stereocenters. The summed E-state index contributed by atoms with van der Waals surface area (Å²) in [6, 6.07) is 9.97. The van der Waals surface area contributed by atoms with Gasteiger partial charge in [0.05, 0.1) is 7.11 Å². The molecule has 0 saturated heterocycles. The van der Waals surface area contributed by atoms with E-state index in [-0.39, 0.29) is 23.3 Å². The van der Waals surface area contributed by atoms with E-state index in [0.717, 1.165) is 6.08 Å². The van der Waals surface area contributed by atoms with Gasteiger partial charge in [-0.2, -0.15) is 5.10 Å². The highest BCUT2D eigenvalue weighted by Gasteiger charge is 2.14. The van der Waals surface area contributed by atoms with Crippen molar-refractivity contribution in [2.45, 2.75) is 0 Å². The molecule has 0 aliphatic carbocycles. The first-order valence-corrected chi connectivity index (χ1v) is 6.89. The van der Waals surface area contributed by atoms with E-state index >= 15 is 0 Å². The number of methoxy groups -OCH3 is 1. The van der Waals surface area contributed by atoms with Crippen LogP contribution in [-0.2, 0) is 0 Å². The summed E-state index contributed by atoms with van der Waals surface area (Å²) in [4.78, 5) is 15.8. The molecule has 0 spiro atoms. The second-order valence-electron chi connectivity index (χ2n) is 4.59. The number of hydrogen-bond acceptors (Lipinski definition) is 7. The van der Waals surface area contributed by atoms with Crippen LogP contribution in [0.2, 0.25) is 0 Å². The molecule has 0 aliphatic heterocycles. The topological polar surface area (TPSA) is 110 Å². The van der Waals surface area contributed by atoms with Gasteiger partial charge in [-0.15, -0.1) is 0 Å². The summed E-state index contributed by atoms with van der Waals surface area (Å²) in [5.41, 5.74) is 0. The van der Waals surface area contributed by atoms with Gasteiger partial charge in [-0.3, -0.25) is 9.89 Å². The number of H-pyrrole nitrogens is 1. The lowest BCUT2D eigenvalue weighted by Gasteiger charge is -2.06. The molecule has 24 heavy (non-hydrogen) atoms. The van der Waals surface area contributed by atoms with Crippen LogP contribution in [0.5, 0.6) is 17.4 Å². The highest BCUT2D eigenvalue weighted by molar-refractivity contribution is 6.05. The fourth-order valence-electron chi connectivity index (χ4n) is 1.91. The number of rotatable bonds is 6. The van der Waals surface area contributed by atoms with Gasteiger partial charge >= 0.3 is 0 Å². The van der Waals surface area contributed by atoms with Crippen molar-refractivity contribution in [3.8, 4) is 17.4 Å². The number of aliphatic hydroxyl groups is 1. The molecule has 3 rings (SSSR count). The van der Waals surface area contributed by atoms with E-state index in [1.165, 1.54) is 25.6 Å². The van der Waals surface area contributed by atoms with E-state index in [1.807, 2.05) is 0 Å². The van der Waals surface area contributed by atoms with Gasteiger partial charge in [0.2, 0.25) is 11.6 Å². The zero-order valence-electron chi connectivity index (χ0n) is 12.6. The lowest BCUT2D eigenvalue weighted by molar-refractivity contribution is 0.101. The van der Waals surface area contributed by atoms with Crippen molar-refractivity contribution in [1.29, 1.82) is 0 Å². The molecule has 0 amide bonds. The Bertz CT molecular complexity index is 867. The molecule has 0 fully saturated rings. The quantitative estimate of drug-likeness (QED) is 0.407. The van der Waals surface area contributed by atoms with Gasteiger partial charge in [-0.1, -0.05) is 12.1 Å². The van der Waals surface area contributed by atoms with Crippen LogP contribution in [0.4, 0.5) is 0 Å². The van der Waals surface area contributed by atoms with Crippen LogP contribution in [0.1, 0.15) is 16.4 Å². The van der Waals surface area contributed by atoms with Crippen LogP contribution in [0.25, 0.3) is 5.76 Å². The van der Waals surface area contributed by atoms with E-state index in [9.17, 15) is 9.90 Å². The number of carbonyl (C=O) groups excluding carboxylic acids is 1. The molecule has 2 heterocycles. The minimum atomic E-state index is -0.549. The number of nitrogens with one attached hydrogen (secondary N) is 1. The number of benzene rings is 1. The van der Waals surface area contributed by atoms with Crippen LogP contribution in [0, 0.1) is 0 Å². The van der Waals surface area contributed by atoms with Gasteiger partial charge in [0, 0.05) is 12.1 Å². The molecule has 3 aromatic rings. The Morgan fingerprint density at radius 1 is 1.25 bits per heavy atom. The van der Waals surface area contributed by atoms with Crippen molar-refractivity contribution in [3.05, 3.63) is 60.4 Å². The largest absolute Gasteiger partial charge is 0.504 e. The molecule has 2 aromatic heterocycles. The summed E-state index contributed by atoms with van der Waals surface area (Å²) < 4.78 is 16.1. The predicted molar refractivity (Wildman–Crippen MR) is 83.1 cm³/mol. The first-order valence-electron chi connectivity index (χ1n) is 6.89. The maximum Gasteiger partial charge on any atom is 0.290 e. The van der Waals surface area contributed by atoms with Crippen molar-refractivity contribution in [2.75, 3.05) is 7.11 Å². The summed E-state index contributed by atoms with van der Waals surface area (Å²) in [7, 11) is 1.52. The number of carbonyl (C=O) groups is 1. The molecule has 8 nitrogen and oxygen atoms in total. The Morgan fingerprint density at radius 2 is 2.04 bits per heavy atom. The average Bonchev–Trinajstić information content (AvgIpc) is 3.27. The minimum absolute atomic E-state index is 0.00184. The van der Waals surface area contributed by atoms with Gasteiger partial charge < -0.3 is 19.0 Å². The number of aromatic nitrogens is 3. The highest BCUT2D eigenvalue weighted by Crippen LogP contribution is 2.31. The summed E-state index contributed by atoms with van der Waals surface area (Å²) in [5.74, 6) is 0.199. The monoisotopic (exact) mass is 327 g/mol. The first-order chi connectivity index (χ1) is 11.7. The van der Waals surface area contributed by atoms with Crippen LogP contribution >= 0.6 is 0 Å². The SMILES string of the molecule is COc1ccccc1Oc1ccc(C(=O)C=C(O)c2nc[nH]n2)o1. The second kappa shape index (κ2) is 6.69. The van der Waals surface area contributed by atoms with Gasteiger partial charge in [0.1, 0.15) is 6.33 Å². The molecule has 1 aromatic carbocycles. The maximum absolute atomic E-state index is 12.1. The highest BCUT2D eigenvalue weighted by atomic mass is 16.6. The number of aliphatic hydroxyl groups excluding tert-OH is 1. The third-order valence-electron chi connectivity index (χ3n) is 3.02. The summed E-state index contributed by atoms with van der Waals surface area (Å²) >= 11 is 0. The normalized spacial score (nSPS) is 11.3. The zero-order valence-corrected chi connectivity index (χ0v) is 12.6. The molecular formula is C16H13N3O5. The number of aromatic amines is 1. The first kappa shape index (κ1) is 15.3. The van der Waals surface area contributed by atoms with Crippen molar-refractivity contribution < 1.29 is 23.8 Å². The molecule has 0 aliphatic rings. The fourth-order valence-corrected chi connectivity index (χ4v) is 1.91. The third-order valence-corrected chi connectivity index (χ3v) is 3.02. The van der Waals surface area contributed by atoms with Gasteiger partial charge in [-0.25, -0.2) is 4.98 Å². The van der Waals surface area contributed by atoms with Crippen molar-refractivity contribution >= 4 is 11.5 Å². The van der Waals surface area contributed by atoms with Crippen LogP contribution < -0.4 is 9.47 Å². The van der Waals surface area contributed by atoms with Gasteiger partial charge in [-0.05, 0) is 18.2 Å². The van der Waals surface area contributed by atoms with E-state index in [4.69, 9.17) is 13.9 Å². The number of allylic oxidation sites excluding steroid dienone is 1. The Hall–Kier alpha value is -3.55. The number of ketones is 1. The van der Waals surface area contributed by atoms with Crippen LogP contribution in [0.15, 0.2) is 53.2 Å². The molecule has 122 valence electrons. The van der Waals surface area contributed by atoms with Crippen molar-refractivity contribution in [2.24, 2.45) is 0 Å². The maximum atomic E-state index is 12.1. The summed E-state index contributed by atoms with van der Waals surface area (Å²) in [6.07, 6.45) is 2.25. The smallest absolute Gasteiger partial charge is 0.290 e. The van der Waals surface area contributed by atoms with Crippen molar-refractivity contribution in [1.82, 2.24) is 15.2 Å². The van der Waals surface area contributed by atoms with E-state index in [2.05, 4.69) is 15.2 Å². The van der Waals surface area contributed by atoms with Crippen LogP contribution in [-0.4, -0.2) is 33.2 Å². The minimum Gasteiger partial charge on any atom is -0.504 e. The Morgan fingerprint density at radius 3 is 2.75 bits per heavy atom. The molecule has 8 heteroatoms. The number of furan rings is 1. The van der Waals surface area contributed by atoms with E-state index < -0.39 is 5.78 Å². The molecular weight excluding hydrogens is 314 g/mol. The summed E-state index contributed by atoms with van der Waals surface area (Å²) in [5, 5.41) is 15.9. The number of hydrogen-bond donors (Lipinski definition) is 2. The predicted octanol–water partition coefficient (Wildman–Crippen LogP) is 2.98. The molecule has 0 saturated carbocycles. The Labute approximate surface area is 136 Å². The molecule has 2 N–H and O–H groups in total. The third kappa shape index (κ3) is 3.27.